The molecule has 0 aromatic heterocycles. The van der Waals surface area contributed by atoms with E-state index in [9.17, 15) is 9.59 Å². The van der Waals surface area contributed by atoms with E-state index >= 15 is 0 Å². The van der Waals surface area contributed by atoms with Crippen molar-refractivity contribution in [2.24, 2.45) is 5.92 Å². The summed E-state index contributed by atoms with van der Waals surface area (Å²) in [5.41, 5.74) is 3.95. The number of carbonyl (C=O) groups excluding carboxylic acids is 2. The maximum atomic E-state index is 13.1. The highest BCUT2D eigenvalue weighted by Gasteiger charge is 2.29. The molecule has 2 aromatic rings. The normalized spacial score (nSPS) is 16.0. The third kappa shape index (κ3) is 8.39. The molecular formula is C29H41N3O3. The lowest BCUT2D eigenvalue weighted by molar-refractivity contribution is -0.114. The van der Waals surface area contributed by atoms with Crippen LogP contribution in [0.1, 0.15) is 64.7 Å². The van der Waals surface area contributed by atoms with Gasteiger partial charge in [0.05, 0.1) is 0 Å². The second-order valence-corrected chi connectivity index (χ2v) is 11.0. The fourth-order valence-corrected chi connectivity index (χ4v) is 4.64. The molecule has 3 rings (SSSR count). The van der Waals surface area contributed by atoms with E-state index in [-0.39, 0.29) is 12.0 Å². The Bertz CT molecular complexity index is 998. The Labute approximate surface area is 210 Å². The summed E-state index contributed by atoms with van der Waals surface area (Å²) in [5.74, 6) is 0.512. The molecule has 0 aliphatic carbocycles. The van der Waals surface area contributed by atoms with Gasteiger partial charge in [-0.1, -0.05) is 50.2 Å². The third-order valence-electron chi connectivity index (χ3n) is 6.14. The van der Waals surface area contributed by atoms with Crippen molar-refractivity contribution < 1.29 is 14.3 Å². The van der Waals surface area contributed by atoms with Gasteiger partial charge in [-0.2, -0.15) is 0 Å². The van der Waals surface area contributed by atoms with Crippen LogP contribution in [0.2, 0.25) is 0 Å². The van der Waals surface area contributed by atoms with Gasteiger partial charge in [-0.05, 0) is 68.4 Å². The Morgan fingerprint density at radius 1 is 1.11 bits per heavy atom. The van der Waals surface area contributed by atoms with Crippen molar-refractivity contribution in [3.63, 3.8) is 0 Å². The molecule has 0 spiro atoms. The van der Waals surface area contributed by atoms with Crippen LogP contribution in [0.15, 0.2) is 48.5 Å². The van der Waals surface area contributed by atoms with Crippen LogP contribution in [-0.4, -0.2) is 46.5 Å². The minimum Gasteiger partial charge on any atom is -0.444 e. The van der Waals surface area contributed by atoms with Crippen molar-refractivity contribution in [3.8, 4) is 0 Å². The van der Waals surface area contributed by atoms with E-state index in [4.69, 9.17) is 4.74 Å². The maximum absolute atomic E-state index is 13.1. The fourth-order valence-electron chi connectivity index (χ4n) is 4.64. The molecule has 190 valence electrons. The van der Waals surface area contributed by atoms with E-state index in [1.165, 1.54) is 18.1 Å². The molecular weight excluding hydrogens is 438 g/mol. The second kappa shape index (κ2) is 11.7. The zero-order valence-electron chi connectivity index (χ0n) is 22.1. The summed E-state index contributed by atoms with van der Waals surface area (Å²) >= 11 is 0. The molecule has 2 amide bonds. The minimum absolute atomic E-state index is 0.0655. The number of anilines is 1. The van der Waals surface area contributed by atoms with Gasteiger partial charge in [0.15, 0.2) is 0 Å². The Balaban J connectivity index is 1.78. The summed E-state index contributed by atoms with van der Waals surface area (Å²) < 4.78 is 5.74. The van der Waals surface area contributed by atoms with Gasteiger partial charge in [-0.3, -0.25) is 9.69 Å². The summed E-state index contributed by atoms with van der Waals surface area (Å²) in [7, 11) is 0. The molecule has 1 aliphatic heterocycles. The number of ether oxygens (including phenoxy) is 1. The van der Waals surface area contributed by atoms with E-state index in [0.29, 0.717) is 25.0 Å². The number of carbonyl (C=O) groups is 2. The Morgan fingerprint density at radius 3 is 2.46 bits per heavy atom. The van der Waals surface area contributed by atoms with Crippen LogP contribution < -0.4 is 5.32 Å². The van der Waals surface area contributed by atoms with Gasteiger partial charge in [0, 0.05) is 44.8 Å². The summed E-state index contributed by atoms with van der Waals surface area (Å²) in [6, 6.07) is 16.7. The number of fused-ring (bicyclic) bond motifs is 1. The fraction of sp³-hybridized carbons (Fsp3) is 0.517. The monoisotopic (exact) mass is 479 g/mol. The molecule has 0 saturated heterocycles. The van der Waals surface area contributed by atoms with E-state index in [2.05, 4.69) is 36.2 Å². The zero-order chi connectivity index (χ0) is 25.6. The van der Waals surface area contributed by atoms with Crippen molar-refractivity contribution in [3.05, 3.63) is 65.2 Å². The first-order valence-electron chi connectivity index (χ1n) is 12.7. The maximum Gasteiger partial charge on any atom is 0.410 e. The van der Waals surface area contributed by atoms with Crippen molar-refractivity contribution >= 4 is 17.7 Å². The van der Waals surface area contributed by atoms with Gasteiger partial charge < -0.3 is 15.0 Å². The number of rotatable bonds is 8. The van der Waals surface area contributed by atoms with Gasteiger partial charge in [-0.25, -0.2) is 4.79 Å². The van der Waals surface area contributed by atoms with Gasteiger partial charge in [0.25, 0.3) is 0 Å². The molecule has 1 aliphatic rings. The number of hydrogen-bond donors (Lipinski definition) is 1. The largest absolute Gasteiger partial charge is 0.444 e. The van der Waals surface area contributed by atoms with E-state index in [1.54, 1.807) is 0 Å². The quantitative estimate of drug-likeness (QED) is 0.515. The summed E-state index contributed by atoms with van der Waals surface area (Å²) in [5, 5.41) is 2.90. The molecule has 0 radical (unpaired) electrons. The second-order valence-electron chi connectivity index (χ2n) is 11.0. The molecule has 0 saturated carbocycles. The van der Waals surface area contributed by atoms with Crippen LogP contribution in [0.25, 0.3) is 0 Å². The summed E-state index contributed by atoms with van der Waals surface area (Å²) in [6.07, 6.45) is 1.78. The number of hydrogen-bond acceptors (Lipinski definition) is 4. The van der Waals surface area contributed by atoms with Gasteiger partial charge >= 0.3 is 6.09 Å². The van der Waals surface area contributed by atoms with Crippen molar-refractivity contribution in [2.45, 2.75) is 79.1 Å². The van der Waals surface area contributed by atoms with Gasteiger partial charge in [0.1, 0.15) is 5.60 Å². The highest BCUT2D eigenvalue weighted by molar-refractivity contribution is 5.88. The average molecular weight is 480 g/mol. The molecule has 6 nitrogen and oxygen atoms in total. The summed E-state index contributed by atoms with van der Waals surface area (Å²) in [6.45, 7) is 14.4. The highest BCUT2D eigenvalue weighted by Crippen LogP contribution is 2.29. The molecule has 35 heavy (non-hydrogen) atoms. The average Bonchev–Trinajstić information content (AvgIpc) is 2.75. The lowest BCUT2D eigenvalue weighted by Gasteiger charge is -2.39. The number of nitrogens with one attached hydrogen (secondary N) is 1. The third-order valence-corrected chi connectivity index (χ3v) is 6.14. The van der Waals surface area contributed by atoms with Crippen LogP contribution in [0.3, 0.4) is 0 Å². The molecule has 2 aromatic carbocycles. The van der Waals surface area contributed by atoms with Crippen LogP contribution in [0.5, 0.6) is 0 Å². The lowest BCUT2D eigenvalue weighted by atomic mass is 9.89. The van der Waals surface area contributed by atoms with Gasteiger partial charge in [-0.15, -0.1) is 0 Å². The number of amides is 2. The zero-order valence-corrected chi connectivity index (χ0v) is 22.1. The number of benzene rings is 2. The highest BCUT2D eigenvalue weighted by atomic mass is 16.6. The minimum atomic E-state index is -0.545. The predicted octanol–water partition coefficient (Wildman–Crippen LogP) is 5.86. The Hall–Kier alpha value is -2.86. The summed E-state index contributed by atoms with van der Waals surface area (Å²) in [4.78, 5) is 28.9. The Kier molecular flexibility index (Phi) is 8.95. The first-order chi connectivity index (χ1) is 16.5. The first kappa shape index (κ1) is 26.7. The van der Waals surface area contributed by atoms with E-state index in [0.717, 1.165) is 37.2 Å². The van der Waals surface area contributed by atoms with Crippen molar-refractivity contribution in [1.82, 2.24) is 9.80 Å². The van der Waals surface area contributed by atoms with Crippen LogP contribution >= 0.6 is 0 Å². The first-order valence-corrected chi connectivity index (χ1v) is 12.7. The standard InChI is InChI=1S/C29H41N3O3/c1-21(2)16-27-18-24-12-13-26(30-22(3)33)17-25(24)20-31(27)14-15-32(28(34)35-29(4,5)6)19-23-10-8-7-9-11-23/h7-13,17,21,27H,14-16,18-20H2,1-6H3,(H,30,33). The Morgan fingerprint density at radius 2 is 1.83 bits per heavy atom. The topological polar surface area (TPSA) is 61.9 Å². The van der Waals surface area contributed by atoms with E-state index < -0.39 is 5.60 Å². The molecule has 1 heterocycles. The SMILES string of the molecule is CC(=O)Nc1ccc2c(c1)CN(CCN(Cc1ccccc1)C(=O)OC(C)(C)C)C(CC(C)C)C2. The van der Waals surface area contributed by atoms with Crippen LogP contribution in [0, 0.1) is 5.92 Å². The predicted molar refractivity (Wildman–Crippen MR) is 141 cm³/mol. The lowest BCUT2D eigenvalue weighted by Crippen LogP contribution is -2.46. The molecule has 1 unspecified atom stereocenters. The van der Waals surface area contributed by atoms with Crippen LogP contribution in [0.4, 0.5) is 10.5 Å². The van der Waals surface area contributed by atoms with Crippen LogP contribution in [-0.2, 0) is 29.0 Å². The molecule has 0 bridgehead atoms. The molecule has 1 atom stereocenters. The van der Waals surface area contributed by atoms with E-state index in [1.807, 2.05) is 62.1 Å². The molecule has 0 fully saturated rings. The molecule has 6 heteroatoms. The smallest absolute Gasteiger partial charge is 0.410 e. The van der Waals surface area contributed by atoms with Crippen molar-refractivity contribution in [2.75, 3.05) is 18.4 Å². The number of nitrogens with zero attached hydrogens (tertiary/aromatic N) is 2. The molecule has 1 N–H and O–H groups in total. The van der Waals surface area contributed by atoms with Crippen molar-refractivity contribution in [1.29, 1.82) is 0 Å². The van der Waals surface area contributed by atoms with Gasteiger partial charge in [0.2, 0.25) is 5.91 Å².